The number of phenolic OH excluding ortho intramolecular Hbond substituents is 1. The molecule has 0 bridgehead atoms. The number of aromatic hydroxyl groups is 1. The molecule has 2 aromatic carbocycles. The number of hydrogen-bond acceptors (Lipinski definition) is 8. The smallest absolute Gasteiger partial charge is 0.420 e. The molecule has 0 radical (unpaired) electrons. The maximum absolute atomic E-state index is 13.8. The second-order valence-electron chi connectivity index (χ2n) is 7.57. The number of carbonyl (C=O) groups excluding carboxylic acids is 1. The summed E-state index contributed by atoms with van der Waals surface area (Å²) in [5.41, 5.74) is -0.559. The molecule has 0 unspecified atom stereocenters. The molecule has 0 fully saturated rings. The molecular weight excluding hydrogens is 511 g/mol. The van der Waals surface area contributed by atoms with Crippen LogP contribution in [0.1, 0.15) is 11.3 Å². The number of halogens is 3. The summed E-state index contributed by atoms with van der Waals surface area (Å²) in [6.45, 7) is 1.64. The molecule has 4 aromatic rings. The molecule has 0 atom stereocenters. The summed E-state index contributed by atoms with van der Waals surface area (Å²) in [6.07, 6.45) is -2.94. The van der Waals surface area contributed by atoms with E-state index >= 15 is 0 Å². The number of aromatic amines is 1. The van der Waals surface area contributed by atoms with E-state index < -0.39 is 23.5 Å². The van der Waals surface area contributed by atoms with Crippen molar-refractivity contribution in [2.24, 2.45) is 0 Å². The normalized spacial score (nSPS) is 11.2. The first-order valence-corrected chi connectivity index (χ1v) is 11.8. The van der Waals surface area contributed by atoms with E-state index in [1.54, 1.807) is 19.1 Å². The van der Waals surface area contributed by atoms with Crippen molar-refractivity contribution in [2.75, 3.05) is 22.2 Å². The standard InChI is InChI=1S/C23H20F3N7O3S/c1-12-8-18(30-19-11-20(37-2)33-32-19)31-22(27-12)36-17-7-6-14(10-16(17)23(24,25)26)29-21(35)28-13-4-3-5-15(34)9-13/h3-11,34H,1-2H3,(H2,28,29,35)(H2,27,30,31,32,33). The predicted octanol–water partition coefficient (Wildman–Crippen LogP) is 6.13. The molecule has 0 saturated carbocycles. The first-order chi connectivity index (χ1) is 17.6. The van der Waals surface area contributed by atoms with Gasteiger partial charge in [-0.2, -0.15) is 23.3 Å². The van der Waals surface area contributed by atoms with E-state index in [-0.39, 0.29) is 29.0 Å². The zero-order chi connectivity index (χ0) is 26.6. The first-order valence-electron chi connectivity index (χ1n) is 10.6. The molecule has 2 amide bonds. The van der Waals surface area contributed by atoms with Gasteiger partial charge in [-0.15, -0.1) is 11.8 Å². The van der Waals surface area contributed by atoms with Crippen LogP contribution < -0.4 is 20.7 Å². The highest BCUT2D eigenvalue weighted by molar-refractivity contribution is 7.98. The number of amides is 2. The molecule has 37 heavy (non-hydrogen) atoms. The van der Waals surface area contributed by atoms with E-state index in [9.17, 15) is 23.1 Å². The number of alkyl halides is 3. The highest BCUT2D eigenvalue weighted by Crippen LogP contribution is 2.39. The van der Waals surface area contributed by atoms with Gasteiger partial charge in [-0.25, -0.2) is 9.78 Å². The van der Waals surface area contributed by atoms with Crippen LogP contribution in [0.5, 0.6) is 17.5 Å². The number of phenols is 1. The SMILES string of the molecule is CSc1cc(Nc2cc(C)nc(Oc3ccc(NC(=O)Nc4cccc(O)c4)cc3C(F)(F)F)n2)[nH]n1. The third-order valence-electron chi connectivity index (χ3n) is 4.71. The number of thioether (sulfide) groups is 1. The first kappa shape index (κ1) is 25.6. The molecule has 5 N–H and O–H groups in total. The zero-order valence-electron chi connectivity index (χ0n) is 19.3. The van der Waals surface area contributed by atoms with Gasteiger partial charge in [0.05, 0.1) is 0 Å². The van der Waals surface area contributed by atoms with Gasteiger partial charge in [-0.3, -0.25) is 5.10 Å². The van der Waals surface area contributed by atoms with Gasteiger partial charge >= 0.3 is 18.2 Å². The van der Waals surface area contributed by atoms with E-state index in [1.165, 1.54) is 42.1 Å². The number of benzene rings is 2. The van der Waals surface area contributed by atoms with Crippen molar-refractivity contribution < 1.29 is 27.8 Å². The van der Waals surface area contributed by atoms with Gasteiger partial charge < -0.3 is 25.8 Å². The Hall–Kier alpha value is -4.46. The van der Waals surface area contributed by atoms with Crippen molar-refractivity contribution >= 4 is 40.8 Å². The Labute approximate surface area is 212 Å². The minimum Gasteiger partial charge on any atom is -0.508 e. The van der Waals surface area contributed by atoms with Gasteiger partial charge in [0.1, 0.15) is 33.7 Å². The van der Waals surface area contributed by atoms with Crippen molar-refractivity contribution in [2.45, 2.75) is 18.1 Å². The van der Waals surface area contributed by atoms with Gasteiger partial charge in [-0.05, 0) is 43.5 Å². The number of aromatic nitrogens is 4. The fourth-order valence-electron chi connectivity index (χ4n) is 3.15. The number of nitrogens with one attached hydrogen (secondary N) is 4. The van der Waals surface area contributed by atoms with E-state index in [2.05, 4.69) is 36.1 Å². The number of H-pyrrole nitrogens is 1. The second-order valence-corrected chi connectivity index (χ2v) is 8.39. The Morgan fingerprint density at radius 3 is 2.49 bits per heavy atom. The number of anilines is 4. The van der Waals surface area contributed by atoms with Crippen molar-refractivity contribution in [3.05, 3.63) is 65.9 Å². The molecule has 2 aromatic heterocycles. The predicted molar refractivity (Wildman–Crippen MR) is 133 cm³/mol. The summed E-state index contributed by atoms with van der Waals surface area (Å²) in [5.74, 6) is 0.192. The van der Waals surface area contributed by atoms with Gasteiger partial charge in [0.25, 0.3) is 0 Å². The fourth-order valence-corrected chi connectivity index (χ4v) is 3.53. The monoisotopic (exact) mass is 531 g/mol. The maximum Gasteiger partial charge on any atom is 0.420 e. The lowest BCUT2D eigenvalue weighted by Crippen LogP contribution is -2.20. The molecule has 0 aliphatic carbocycles. The second kappa shape index (κ2) is 10.7. The summed E-state index contributed by atoms with van der Waals surface area (Å²) in [4.78, 5) is 20.4. The highest BCUT2D eigenvalue weighted by atomic mass is 32.2. The Balaban J connectivity index is 1.54. The van der Waals surface area contributed by atoms with Gasteiger partial charge in [0, 0.05) is 35.3 Å². The number of rotatable bonds is 7. The van der Waals surface area contributed by atoms with Crippen LogP contribution in [0.2, 0.25) is 0 Å². The lowest BCUT2D eigenvalue weighted by molar-refractivity contribution is -0.138. The molecule has 0 saturated heterocycles. The van der Waals surface area contributed by atoms with Crippen LogP contribution in [0, 0.1) is 6.92 Å². The van der Waals surface area contributed by atoms with E-state index in [1.807, 2.05) is 6.26 Å². The van der Waals surface area contributed by atoms with E-state index in [0.29, 0.717) is 11.5 Å². The van der Waals surface area contributed by atoms with Gasteiger partial charge in [0.2, 0.25) is 0 Å². The van der Waals surface area contributed by atoms with Crippen molar-refractivity contribution in [1.29, 1.82) is 0 Å². The average Bonchev–Trinajstić information content (AvgIpc) is 3.26. The number of nitrogens with zero attached hydrogens (tertiary/aromatic N) is 3. The summed E-state index contributed by atoms with van der Waals surface area (Å²) in [6, 6.07) is 11.0. The van der Waals surface area contributed by atoms with Crippen LogP contribution in [-0.4, -0.2) is 37.6 Å². The van der Waals surface area contributed by atoms with E-state index in [0.717, 1.165) is 17.2 Å². The number of ether oxygens (including phenoxy) is 1. The number of carbonyl (C=O) groups is 1. The molecular formula is C23H20F3N7O3S. The van der Waals surface area contributed by atoms with Crippen LogP contribution in [0.4, 0.5) is 41.0 Å². The maximum atomic E-state index is 13.8. The van der Waals surface area contributed by atoms with Gasteiger partial charge in [0.15, 0.2) is 0 Å². The number of urea groups is 1. The molecule has 192 valence electrons. The molecule has 2 heterocycles. The largest absolute Gasteiger partial charge is 0.508 e. The molecule has 14 heteroatoms. The Morgan fingerprint density at radius 1 is 1.05 bits per heavy atom. The quantitative estimate of drug-likeness (QED) is 0.180. The van der Waals surface area contributed by atoms with Crippen molar-refractivity contribution in [3.8, 4) is 17.5 Å². The molecule has 0 aliphatic heterocycles. The van der Waals surface area contributed by atoms with Crippen LogP contribution >= 0.6 is 11.8 Å². The number of hydrogen-bond donors (Lipinski definition) is 5. The Morgan fingerprint density at radius 2 is 1.81 bits per heavy atom. The van der Waals surface area contributed by atoms with Crippen LogP contribution in [-0.2, 0) is 6.18 Å². The zero-order valence-corrected chi connectivity index (χ0v) is 20.2. The minimum atomic E-state index is -4.80. The molecule has 0 spiro atoms. The molecule has 0 aliphatic rings. The number of aryl methyl sites for hydroxylation is 1. The molecule has 4 rings (SSSR count). The van der Waals surface area contributed by atoms with Crippen LogP contribution in [0.25, 0.3) is 0 Å². The lowest BCUT2D eigenvalue weighted by Gasteiger charge is -2.15. The van der Waals surface area contributed by atoms with Gasteiger partial charge in [-0.1, -0.05) is 6.07 Å². The highest BCUT2D eigenvalue weighted by Gasteiger charge is 2.35. The Bertz CT molecular complexity index is 1430. The summed E-state index contributed by atoms with van der Waals surface area (Å²) in [7, 11) is 0. The Kier molecular flexibility index (Phi) is 7.38. The third kappa shape index (κ3) is 6.82. The third-order valence-corrected chi connectivity index (χ3v) is 5.34. The summed E-state index contributed by atoms with van der Waals surface area (Å²) >= 11 is 1.43. The van der Waals surface area contributed by atoms with E-state index in [4.69, 9.17) is 4.74 Å². The fraction of sp³-hybridized carbons (Fsp3) is 0.130. The summed E-state index contributed by atoms with van der Waals surface area (Å²) in [5, 5.41) is 24.8. The lowest BCUT2D eigenvalue weighted by atomic mass is 10.1. The van der Waals surface area contributed by atoms with Crippen molar-refractivity contribution in [1.82, 2.24) is 20.2 Å². The topological polar surface area (TPSA) is 137 Å². The van der Waals surface area contributed by atoms with Crippen LogP contribution in [0.3, 0.4) is 0 Å². The summed E-state index contributed by atoms with van der Waals surface area (Å²) < 4.78 is 46.9. The molecule has 10 nitrogen and oxygen atoms in total. The van der Waals surface area contributed by atoms with Crippen LogP contribution in [0.15, 0.2) is 59.6 Å². The van der Waals surface area contributed by atoms with Crippen molar-refractivity contribution in [3.63, 3.8) is 0 Å². The minimum absolute atomic E-state index is 0.0790. The average molecular weight is 532 g/mol.